The van der Waals surface area contributed by atoms with Crippen LogP contribution in [0.15, 0.2) is 126 Å². The quantitative estimate of drug-likeness (QED) is 0.307. The zero-order chi connectivity index (χ0) is 25.8. The van der Waals surface area contributed by atoms with E-state index < -0.39 is 0 Å². The fraction of sp³-hybridized carbons (Fsp3) is 0.0909. The second-order valence-electron chi connectivity index (χ2n) is 9.94. The van der Waals surface area contributed by atoms with Crippen molar-refractivity contribution in [3.8, 4) is 5.75 Å². The molecule has 2 aromatic heterocycles. The van der Waals surface area contributed by atoms with Gasteiger partial charge >= 0.3 is 0 Å². The zero-order valence-corrected chi connectivity index (χ0v) is 21.2. The number of aromatic nitrogens is 2. The van der Waals surface area contributed by atoms with Crippen LogP contribution >= 0.6 is 0 Å². The van der Waals surface area contributed by atoms with E-state index in [2.05, 4.69) is 111 Å². The van der Waals surface area contributed by atoms with Gasteiger partial charge in [-0.3, -0.25) is 9.55 Å². The first-order valence-electron chi connectivity index (χ1n) is 13.2. The van der Waals surface area contributed by atoms with Crippen molar-refractivity contribution in [3.63, 3.8) is 0 Å². The Morgan fingerprint density at radius 2 is 1.72 bits per heavy atom. The van der Waals surface area contributed by atoms with Gasteiger partial charge in [0.15, 0.2) is 0 Å². The van der Waals surface area contributed by atoms with Crippen molar-refractivity contribution in [3.05, 3.63) is 138 Å². The Morgan fingerprint density at radius 3 is 2.59 bits per heavy atom. The van der Waals surface area contributed by atoms with Gasteiger partial charge in [-0.15, -0.1) is 0 Å². The number of allylic oxidation sites excluding steroid dienone is 3. The van der Waals surface area contributed by atoms with E-state index in [1.807, 2.05) is 24.7 Å². The maximum absolute atomic E-state index is 6.49. The van der Waals surface area contributed by atoms with Crippen molar-refractivity contribution < 1.29 is 4.74 Å². The third-order valence-corrected chi connectivity index (χ3v) is 7.64. The average Bonchev–Trinajstić information content (AvgIpc) is 3.17. The molecule has 5 aromatic rings. The second-order valence-corrected chi connectivity index (χ2v) is 9.94. The number of aliphatic imine (C=N–C) groups is 1. The lowest BCUT2D eigenvalue weighted by atomic mass is 10.1. The molecule has 1 unspecified atom stereocenters. The first-order valence-corrected chi connectivity index (χ1v) is 13.2. The molecule has 0 aliphatic carbocycles. The van der Waals surface area contributed by atoms with Crippen molar-refractivity contribution >= 4 is 33.7 Å². The monoisotopic (exact) mass is 507 g/mol. The number of amidine groups is 1. The van der Waals surface area contributed by atoms with E-state index in [1.54, 1.807) is 0 Å². The molecule has 0 radical (unpaired) electrons. The predicted molar refractivity (Wildman–Crippen MR) is 155 cm³/mol. The highest BCUT2D eigenvalue weighted by Gasteiger charge is 2.36. The van der Waals surface area contributed by atoms with Gasteiger partial charge in [0.25, 0.3) is 0 Å². The van der Waals surface area contributed by atoms with Gasteiger partial charge < -0.3 is 15.0 Å². The van der Waals surface area contributed by atoms with Crippen molar-refractivity contribution in [2.75, 3.05) is 6.54 Å². The van der Waals surface area contributed by atoms with E-state index in [0.717, 1.165) is 62.4 Å². The molecule has 0 saturated carbocycles. The lowest BCUT2D eigenvalue weighted by molar-refractivity contribution is 0.201. The van der Waals surface area contributed by atoms with Gasteiger partial charge in [-0.2, -0.15) is 0 Å². The highest BCUT2D eigenvalue weighted by molar-refractivity contribution is 6.12. The Morgan fingerprint density at radius 1 is 0.872 bits per heavy atom. The Labute approximate surface area is 225 Å². The summed E-state index contributed by atoms with van der Waals surface area (Å²) in [5.41, 5.74) is 6.64. The molecule has 6 heteroatoms. The molecule has 5 heterocycles. The molecule has 3 aliphatic heterocycles. The van der Waals surface area contributed by atoms with Crippen LogP contribution in [-0.2, 0) is 6.54 Å². The van der Waals surface area contributed by atoms with Crippen LogP contribution < -0.4 is 10.1 Å². The smallest absolute Gasteiger partial charge is 0.207 e. The number of hydrogen-bond donors (Lipinski definition) is 1. The number of pyridine rings is 1. The number of hydrogen-bond acceptors (Lipinski definition) is 5. The van der Waals surface area contributed by atoms with Crippen LogP contribution in [0.5, 0.6) is 5.75 Å². The molecular formula is C33H25N5O. The molecule has 39 heavy (non-hydrogen) atoms. The summed E-state index contributed by atoms with van der Waals surface area (Å²) in [6.45, 7) is 1.41. The topological polar surface area (TPSA) is 54.7 Å². The molecule has 6 nitrogen and oxygen atoms in total. The van der Waals surface area contributed by atoms with Gasteiger partial charge in [-0.05, 0) is 42.1 Å². The highest BCUT2D eigenvalue weighted by Crippen LogP contribution is 2.43. The average molecular weight is 508 g/mol. The van der Waals surface area contributed by atoms with Crippen molar-refractivity contribution in [1.82, 2.24) is 19.8 Å². The molecule has 3 aromatic carbocycles. The van der Waals surface area contributed by atoms with Crippen LogP contribution in [0.3, 0.4) is 0 Å². The number of ether oxygens (including phenoxy) is 1. The van der Waals surface area contributed by atoms with Gasteiger partial charge in [0.05, 0.1) is 23.8 Å². The van der Waals surface area contributed by atoms with E-state index in [4.69, 9.17) is 9.73 Å². The summed E-state index contributed by atoms with van der Waals surface area (Å²) < 4.78 is 8.82. The van der Waals surface area contributed by atoms with Crippen molar-refractivity contribution in [2.24, 2.45) is 4.99 Å². The normalized spacial score (nSPS) is 17.7. The SMILES string of the molecule is C1=CC2=C(CN1)Oc1ccc3c4ccncc4n(C4N=C(c5ccccc5)N4Cc4ccccc4)c3c1C=C2. The lowest BCUT2D eigenvalue weighted by Gasteiger charge is -2.41. The van der Waals surface area contributed by atoms with Gasteiger partial charge in [-0.25, -0.2) is 4.99 Å². The third kappa shape index (κ3) is 3.49. The molecular weight excluding hydrogens is 482 g/mol. The van der Waals surface area contributed by atoms with Crippen LogP contribution in [0.4, 0.5) is 0 Å². The van der Waals surface area contributed by atoms with E-state index in [9.17, 15) is 0 Å². The summed E-state index contributed by atoms with van der Waals surface area (Å²) in [6.07, 6.45) is 12.0. The molecule has 0 fully saturated rings. The minimum Gasteiger partial charge on any atom is -0.459 e. The fourth-order valence-electron chi connectivity index (χ4n) is 5.80. The van der Waals surface area contributed by atoms with Gasteiger partial charge in [0, 0.05) is 40.2 Å². The largest absolute Gasteiger partial charge is 0.459 e. The molecule has 1 atom stereocenters. The number of rotatable bonds is 4. The van der Waals surface area contributed by atoms with Gasteiger partial charge in [0.1, 0.15) is 17.3 Å². The van der Waals surface area contributed by atoms with E-state index in [-0.39, 0.29) is 6.29 Å². The number of nitrogens with zero attached hydrogens (tertiary/aromatic N) is 4. The first kappa shape index (κ1) is 21.9. The molecule has 1 N–H and O–H groups in total. The van der Waals surface area contributed by atoms with Crippen molar-refractivity contribution in [2.45, 2.75) is 12.8 Å². The Hall–Kier alpha value is -5.10. The number of nitrogens with one attached hydrogen (secondary N) is 1. The minimum atomic E-state index is -0.225. The van der Waals surface area contributed by atoms with E-state index >= 15 is 0 Å². The van der Waals surface area contributed by atoms with Crippen molar-refractivity contribution in [1.29, 1.82) is 0 Å². The molecule has 0 spiro atoms. The van der Waals surface area contributed by atoms with E-state index in [0.29, 0.717) is 6.54 Å². The first-order chi connectivity index (χ1) is 19.3. The van der Waals surface area contributed by atoms with Gasteiger partial charge in [0.2, 0.25) is 6.29 Å². The standard InChI is InChI=1S/C33H25N5O/c1-3-7-22(8-4-1)21-37-32(24-9-5-2-6-10-24)36-33(37)38-28-19-34-18-16-25(28)26-13-14-29-27(31(26)38)12-11-23-15-17-35-20-30(23)39-29/h1-19,33,35H,20-21H2. The number of dihydropyridines is 1. The number of fused-ring (bicyclic) bond motifs is 5. The Bertz CT molecular complexity index is 1860. The van der Waals surface area contributed by atoms with Crippen LogP contribution in [0.2, 0.25) is 0 Å². The lowest BCUT2D eigenvalue weighted by Crippen LogP contribution is -2.45. The Balaban J connectivity index is 1.35. The molecule has 3 aliphatic rings. The van der Waals surface area contributed by atoms with Crippen LogP contribution in [0.1, 0.15) is 23.0 Å². The summed E-state index contributed by atoms with van der Waals surface area (Å²) in [5.74, 6) is 2.76. The zero-order valence-electron chi connectivity index (χ0n) is 21.2. The highest BCUT2D eigenvalue weighted by atomic mass is 16.5. The second kappa shape index (κ2) is 8.74. The molecule has 8 rings (SSSR count). The fourth-order valence-corrected chi connectivity index (χ4v) is 5.80. The molecule has 0 saturated heterocycles. The minimum absolute atomic E-state index is 0.225. The third-order valence-electron chi connectivity index (χ3n) is 7.64. The van der Waals surface area contributed by atoms with Crippen LogP contribution in [0.25, 0.3) is 27.9 Å². The summed E-state index contributed by atoms with van der Waals surface area (Å²) in [6, 6.07) is 27.4. The Kier molecular flexibility index (Phi) is 4.91. The summed E-state index contributed by atoms with van der Waals surface area (Å²) >= 11 is 0. The number of benzene rings is 3. The van der Waals surface area contributed by atoms with Crippen LogP contribution in [-0.4, -0.2) is 26.8 Å². The van der Waals surface area contributed by atoms with Gasteiger partial charge in [-0.1, -0.05) is 66.7 Å². The predicted octanol–water partition coefficient (Wildman–Crippen LogP) is 6.38. The summed E-state index contributed by atoms with van der Waals surface area (Å²) in [4.78, 5) is 12.1. The maximum atomic E-state index is 6.49. The van der Waals surface area contributed by atoms with E-state index in [1.165, 1.54) is 5.56 Å². The summed E-state index contributed by atoms with van der Waals surface area (Å²) in [7, 11) is 0. The molecule has 188 valence electrons. The molecule has 0 bridgehead atoms. The maximum Gasteiger partial charge on any atom is 0.207 e. The van der Waals surface area contributed by atoms with Crippen LogP contribution in [0, 0.1) is 0 Å². The molecule has 0 amide bonds. The summed E-state index contributed by atoms with van der Waals surface area (Å²) in [5, 5.41) is 5.58.